The highest BCUT2D eigenvalue weighted by atomic mass is 16.2. The number of anilines is 2. The Labute approximate surface area is 175 Å². The third kappa shape index (κ3) is 3.12. The van der Waals surface area contributed by atoms with Crippen LogP contribution in [-0.4, -0.2) is 45.8 Å². The molecule has 0 fully saturated rings. The molecule has 1 aliphatic rings. The van der Waals surface area contributed by atoms with E-state index >= 15 is 0 Å². The number of aromatic nitrogens is 3. The zero-order valence-electron chi connectivity index (χ0n) is 17.7. The molecule has 1 aromatic carbocycles. The largest absolute Gasteiger partial charge is 0.343 e. The van der Waals surface area contributed by atoms with E-state index in [-0.39, 0.29) is 17.5 Å². The molecule has 0 saturated heterocycles. The first-order chi connectivity index (χ1) is 14.2. The third-order valence-corrected chi connectivity index (χ3v) is 5.37. The predicted molar refractivity (Wildman–Crippen MR) is 115 cm³/mol. The second-order valence-electron chi connectivity index (χ2n) is 8.15. The highest BCUT2D eigenvalue weighted by molar-refractivity contribution is 6.12. The van der Waals surface area contributed by atoms with Crippen LogP contribution in [0.2, 0.25) is 0 Å². The van der Waals surface area contributed by atoms with Gasteiger partial charge >= 0.3 is 0 Å². The van der Waals surface area contributed by atoms with Gasteiger partial charge in [0.15, 0.2) is 5.82 Å². The molecule has 2 amide bonds. The summed E-state index contributed by atoms with van der Waals surface area (Å²) in [5.41, 5.74) is 3.97. The molecular formula is C23H23N5O2. The van der Waals surface area contributed by atoms with Gasteiger partial charge in [0.2, 0.25) is 5.91 Å². The highest BCUT2D eigenvalue weighted by Crippen LogP contribution is 2.46. The van der Waals surface area contributed by atoms with Gasteiger partial charge in [-0.3, -0.25) is 24.5 Å². The lowest BCUT2D eigenvalue weighted by molar-refractivity contribution is -0.121. The van der Waals surface area contributed by atoms with E-state index in [1.807, 2.05) is 57.3 Å². The molecule has 4 rings (SSSR count). The summed E-state index contributed by atoms with van der Waals surface area (Å²) in [5, 5.41) is 0. The number of aryl methyl sites for hydroxylation is 1. The normalized spacial score (nSPS) is 14.6. The van der Waals surface area contributed by atoms with Crippen molar-refractivity contribution in [2.24, 2.45) is 0 Å². The molecular weight excluding hydrogens is 378 g/mol. The summed E-state index contributed by atoms with van der Waals surface area (Å²) in [5.74, 6) is -0.0471. The Morgan fingerprint density at radius 1 is 1.03 bits per heavy atom. The smallest absolute Gasteiger partial charge is 0.273 e. The fraction of sp³-hybridized carbons (Fsp3) is 0.261. The summed E-state index contributed by atoms with van der Waals surface area (Å²) in [6, 6.07) is 9.91. The maximum Gasteiger partial charge on any atom is 0.273 e. The van der Waals surface area contributed by atoms with Gasteiger partial charge in [0.05, 0.1) is 23.5 Å². The van der Waals surface area contributed by atoms with E-state index < -0.39 is 5.41 Å². The summed E-state index contributed by atoms with van der Waals surface area (Å²) < 4.78 is 0. The van der Waals surface area contributed by atoms with Crippen LogP contribution in [0.4, 0.5) is 11.5 Å². The number of hydrogen-bond donors (Lipinski definition) is 0. The molecule has 3 heterocycles. The number of nitrogens with zero attached hydrogens (tertiary/aromatic N) is 5. The van der Waals surface area contributed by atoms with Gasteiger partial charge < -0.3 is 4.90 Å². The molecule has 0 radical (unpaired) electrons. The number of fused-ring (bicyclic) bond motifs is 1. The van der Waals surface area contributed by atoms with Crippen molar-refractivity contribution in [3.05, 3.63) is 65.9 Å². The fourth-order valence-corrected chi connectivity index (χ4v) is 3.59. The second kappa shape index (κ2) is 7.02. The van der Waals surface area contributed by atoms with Crippen molar-refractivity contribution in [3.8, 4) is 11.1 Å². The monoisotopic (exact) mass is 401 g/mol. The number of amides is 2. The van der Waals surface area contributed by atoms with Crippen LogP contribution in [0.3, 0.4) is 0 Å². The number of pyridine rings is 1. The lowest BCUT2D eigenvalue weighted by atomic mass is 9.85. The molecule has 0 aliphatic carbocycles. The standard InChI is InChI=1S/C23H23N5O2/c1-14-6-7-16(11-25-14)15-8-9-17-19(10-15)28(22(30)23(17,2)3)20-13-24-12-18(26-20)21(29)27(4)5/h6-13H,1-5H3. The SMILES string of the molecule is Cc1ccc(-c2ccc3c(c2)N(c2cncc(C(=O)N(C)C)n2)C(=O)C3(C)C)cn1. The summed E-state index contributed by atoms with van der Waals surface area (Å²) in [7, 11) is 3.30. The Bertz CT molecular complexity index is 1150. The molecule has 2 aromatic heterocycles. The van der Waals surface area contributed by atoms with Crippen molar-refractivity contribution in [2.45, 2.75) is 26.2 Å². The van der Waals surface area contributed by atoms with Crippen LogP contribution >= 0.6 is 0 Å². The highest BCUT2D eigenvalue weighted by Gasteiger charge is 2.45. The molecule has 1 aliphatic heterocycles. The summed E-state index contributed by atoms with van der Waals surface area (Å²) in [6.07, 6.45) is 4.74. The van der Waals surface area contributed by atoms with E-state index in [1.54, 1.807) is 19.0 Å². The van der Waals surface area contributed by atoms with Crippen molar-refractivity contribution in [2.75, 3.05) is 19.0 Å². The van der Waals surface area contributed by atoms with E-state index in [0.29, 0.717) is 5.82 Å². The van der Waals surface area contributed by atoms with Crippen LogP contribution in [-0.2, 0) is 10.2 Å². The number of hydrogen-bond acceptors (Lipinski definition) is 5. The van der Waals surface area contributed by atoms with Crippen molar-refractivity contribution in [1.82, 2.24) is 19.9 Å². The van der Waals surface area contributed by atoms with Crippen molar-refractivity contribution in [3.63, 3.8) is 0 Å². The Hall–Kier alpha value is -3.61. The Balaban J connectivity index is 1.84. The average molecular weight is 401 g/mol. The molecule has 152 valence electrons. The Morgan fingerprint density at radius 3 is 2.43 bits per heavy atom. The van der Waals surface area contributed by atoms with Crippen LogP contribution in [0.5, 0.6) is 0 Å². The molecule has 0 unspecified atom stereocenters. The van der Waals surface area contributed by atoms with Gasteiger partial charge in [-0.15, -0.1) is 0 Å². The van der Waals surface area contributed by atoms with Crippen LogP contribution in [0.1, 0.15) is 35.6 Å². The molecule has 0 N–H and O–H groups in total. The number of carbonyl (C=O) groups is 2. The van der Waals surface area contributed by atoms with Crippen LogP contribution in [0, 0.1) is 6.92 Å². The topological polar surface area (TPSA) is 79.3 Å². The van der Waals surface area contributed by atoms with Crippen molar-refractivity contribution >= 4 is 23.3 Å². The Kier molecular flexibility index (Phi) is 4.61. The molecule has 3 aromatic rings. The van der Waals surface area contributed by atoms with Crippen LogP contribution in [0.15, 0.2) is 48.9 Å². The van der Waals surface area contributed by atoms with Gasteiger partial charge in [-0.25, -0.2) is 4.98 Å². The minimum Gasteiger partial charge on any atom is -0.343 e. The number of rotatable bonds is 3. The van der Waals surface area contributed by atoms with Gasteiger partial charge in [0.25, 0.3) is 5.91 Å². The lowest BCUT2D eigenvalue weighted by Crippen LogP contribution is -2.34. The van der Waals surface area contributed by atoms with Gasteiger partial charge in [-0.1, -0.05) is 18.2 Å². The molecule has 7 nitrogen and oxygen atoms in total. The van der Waals surface area contributed by atoms with Crippen molar-refractivity contribution in [1.29, 1.82) is 0 Å². The van der Waals surface area contributed by atoms with Crippen LogP contribution in [0.25, 0.3) is 11.1 Å². The molecule has 0 atom stereocenters. The molecule has 30 heavy (non-hydrogen) atoms. The van der Waals surface area contributed by atoms with Gasteiger partial charge in [-0.2, -0.15) is 0 Å². The van der Waals surface area contributed by atoms with Gasteiger partial charge in [0.1, 0.15) is 5.69 Å². The number of benzene rings is 1. The molecule has 7 heteroatoms. The zero-order chi connectivity index (χ0) is 21.6. The summed E-state index contributed by atoms with van der Waals surface area (Å²) in [4.78, 5) is 41.7. The molecule has 0 spiro atoms. The van der Waals surface area contributed by atoms with Crippen molar-refractivity contribution < 1.29 is 9.59 Å². The lowest BCUT2D eigenvalue weighted by Gasteiger charge is -2.20. The van der Waals surface area contributed by atoms with E-state index in [9.17, 15) is 9.59 Å². The maximum absolute atomic E-state index is 13.3. The quantitative estimate of drug-likeness (QED) is 0.671. The first-order valence-corrected chi connectivity index (χ1v) is 9.66. The van der Waals surface area contributed by atoms with E-state index in [0.717, 1.165) is 28.1 Å². The molecule has 0 saturated carbocycles. The summed E-state index contributed by atoms with van der Waals surface area (Å²) >= 11 is 0. The fourth-order valence-electron chi connectivity index (χ4n) is 3.59. The minimum atomic E-state index is -0.720. The second-order valence-corrected chi connectivity index (χ2v) is 8.15. The maximum atomic E-state index is 13.3. The zero-order valence-corrected chi connectivity index (χ0v) is 17.7. The van der Waals surface area contributed by atoms with Gasteiger partial charge in [-0.05, 0) is 44.0 Å². The first kappa shape index (κ1) is 19.7. The van der Waals surface area contributed by atoms with Gasteiger partial charge in [0, 0.05) is 31.5 Å². The average Bonchev–Trinajstić information content (AvgIpc) is 2.93. The van der Waals surface area contributed by atoms with E-state index in [2.05, 4.69) is 15.0 Å². The summed E-state index contributed by atoms with van der Waals surface area (Å²) in [6.45, 7) is 5.73. The Morgan fingerprint density at radius 2 is 1.77 bits per heavy atom. The molecule has 0 bridgehead atoms. The van der Waals surface area contributed by atoms with Crippen LogP contribution < -0.4 is 4.90 Å². The predicted octanol–water partition coefficient (Wildman–Crippen LogP) is 3.50. The first-order valence-electron chi connectivity index (χ1n) is 9.66. The third-order valence-electron chi connectivity index (χ3n) is 5.37. The van der Waals surface area contributed by atoms with E-state index in [4.69, 9.17) is 0 Å². The van der Waals surface area contributed by atoms with E-state index in [1.165, 1.54) is 17.3 Å². The minimum absolute atomic E-state index is 0.111. The number of carbonyl (C=O) groups excluding carboxylic acids is 2.